The van der Waals surface area contributed by atoms with Crippen LogP contribution in [0.25, 0.3) is 11.4 Å². The van der Waals surface area contributed by atoms with Gasteiger partial charge in [-0.2, -0.15) is 0 Å². The summed E-state index contributed by atoms with van der Waals surface area (Å²) in [6, 6.07) is 4.71. The molecule has 0 fully saturated rings. The summed E-state index contributed by atoms with van der Waals surface area (Å²) in [5, 5.41) is 0. The van der Waals surface area contributed by atoms with Gasteiger partial charge in [0.05, 0.1) is 6.61 Å². The Bertz CT molecular complexity index is 494. The summed E-state index contributed by atoms with van der Waals surface area (Å²) < 4.78 is 18.5. The number of halogens is 1. The fraction of sp³-hybridized carbons (Fsp3) is 0.250. The Balaban J connectivity index is 2.39. The first-order valence-corrected chi connectivity index (χ1v) is 5.15. The molecule has 0 saturated heterocycles. The second kappa shape index (κ2) is 4.35. The number of rotatable bonds is 3. The molecular weight excluding hydrogens is 207 g/mol. The van der Waals surface area contributed by atoms with Crippen LogP contribution in [0.15, 0.2) is 24.4 Å². The van der Waals surface area contributed by atoms with E-state index in [0.717, 1.165) is 17.1 Å². The van der Waals surface area contributed by atoms with E-state index in [1.54, 1.807) is 18.3 Å². The molecule has 1 aromatic heterocycles. The van der Waals surface area contributed by atoms with E-state index in [2.05, 4.69) is 9.97 Å². The molecule has 0 aliphatic rings. The van der Waals surface area contributed by atoms with Crippen molar-refractivity contribution in [3.63, 3.8) is 0 Å². The molecule has 0 bridgehead atoms. The SMILES string of the molecule is CCOc1cc(-c2ncc(C)[nH]2)ccc1F. The van der Waals surface area contributed by atoms with Crippen LogP contribution in [0.3, 0.4) is 0 Å². The quantitative estimate of drug-likeness (QED) is 0.863. The molecule has 2 aromatic rings. The molecule has 0 spiro atoms. The summed E-state index contributed by atoms with van der Waals surface area (Å²) in [7, 11) is 0. The van der Waals surface area contributed by atoms with Gasteiger partial charge in [0.25, 0.3) is 0 Å². The molecule has 2 rings (SSSR count). The molecule has 84 valence electrons. The van der Waals surface area contributed by atoms with E-state index in [9.17, 15) is 4.39 Å². The van der Waals surface area contributed by atoms with E-state index >= 15 is 0 Å². The molecule has 3 nitrogen and oxygen atoms in total. The largest absolute Gasteiger partial charge is 0.491 e. The number of imidazole rings is 1. The normalized spacial score (nSPS) is 10.4. The summed E-state index contributed by atoms with van der Waals surface area (Å²) in [5.41, 5.74) is 1.79. The Kier molecular flexibility index (Phi) is 2.90. The number of H-pyrrole nitrogens is 1. The minimum Gasteiger partial charge on any atom is -0.491 e. The van der Waals surface area contributed by atoms with Crippen molar-refractivity contribution in [3.8, 4) is 17.1 Å². The number of nitrogens with zero attached hydrogens (tertiary/aromatic N) is 1. The van der Waals surface area contributed by atoms with E-state index in [1.807, 2.05) is 13.8 Å². The van der Waals surface area contributed by atoms with Crippen LogP contribution in [0, 0.1) is 12.7 Å². The lowest BCUT2D eigenvalue weighted by Gasteiger charge is -2.05. The summed E-state index contributed by atoms with van der Waals surface area (Å²) in [6.07, 6.45) is 1.74. The van der Waals surface area contributed by atoms with Crippen molar-refractivity contribution >= 4 is 0 Å². The maximum absolute atomic E-state index is 13.3. The number of hydrogen-bond donors (Lipinski definition) is 1. The number of aromatic nitrogens is 2. The van der Waals surface area contributed by atoms with Gasteiger partial charge < -0.3 is 9.72 Å². The topological polar surface area (TPSA) is 37.9 Å². The van der Waals surface area contributed by atoms with Gasteiger partial charge in [-0.15, -0.1) is 0 Å². The van der Waals surface area contributed by atoms with Gasteiger partial charge in [-0.1, -0.05) is 0 Å². The van der Waals surface area contributed by atoms with Crippen molar-refractivity contribution < 1.29 is 9.13 Å². The zero-order valence-electron chi connectivity index (χ0n) is 9.25. The summed E-state index contributed by atoms with van der Waals surface area (Å²) in [5.74, 6) is 0.626. The Morgan fingerprint density at radius 3 is 2.88 bits per heavy atom. The molecule has 1 N–H and O–H groups in total. The highest BCUT2D eigenvalue weighted by Crippen LogP contribution is 2.24. The van der Waals surface area contributed by atoms with Crippen LogP contribution < -0.4 is 4.74 Å². The number of aromatic amines is 1. The molecule has 0 aliphatic carbocycles. The van der Waals surface area contributed by atoms with Crippen molar-refractivity contribution in [2.75, 3.05) is 6.61 Å². The highest BCUT2D eigenvalue weighted by Gasteiger charge is 2.07. The predicted octanol–water partition coefficient (Wildman–Crippen LogP) is 2.92. The van der Waals surface area contributed by atoms with E-state index in [4.69, 9.17) is 4.74 Å². The Morgan fingerprint density at radius 2 is 2.25 bits per heavy atom. The smallest absolute Gasteiger partial charge is 0.165 e. The third-order valence-electron chi connectivity index (χ3n) is 2.21. The number of ether oxygens (including phenoxy) is 1. The zero-order valence-corrected chi connectivity index (χ0v) is 9.25. The molecule has 0 aliphatic heterocycles. The summed E-state index contributed by atoms with van der Waals surface area (Å²) in [4.78, 5) is 7.28. The first kappa shape index (κ1) is 10.7. The van der Waals surface area contributed by atoms with E-state index in [1.165, 1.54) is 6.07 Å². The summed E-state index contributed by atoms with van der Waals surface area (Å²) >= 11 is 0. The highest BCUT2D eigenvalue weighted by molar-refractivity contribution is 5.58. The molecule has 0 atom stereocenters. The number of hydrogen-bond acceptors (Lipinski definition) is 2. The Hall–Kier alpha value is -1.84. The monoisotopic (exact) mass is 220 g/mol. The fourth-order valence-corrected chi connectivity index (χ4v) is 1.48. The van der Waals surface area contributed by atoms with Crippen LogP contribution in [0.2, 0.25) is 0 Å². The predicted molar refractivity (Wildman–Crippen MR) is 59.9 cm³/mol. The van der Waals surface area contributed by atoms with E-state index in [-0.39, 0.29) is 11.6 Å². The number of aryl methyl sites for hydroxylation is 1. The lowest BCUT2D eigenvalue weighted by molar-refractivity contribution is 0.321. The van der Waals surface area contributed by atoms with Crippen molar-refractivity contribution in [1.82, 2.24) is 9.97 Å². The molecule has 1 heterocycles. The molecule has 0 amide bonds. The number of nitrogens with one attached hydrogen (secondary N) is 1. The zero-order chi connectivity index (χ0) is 11.5. The van der Waals surface area contributed by atoms with Gasteiger partial charge >= 0.3 is 0 Å². The highest BCUT2D eigenvalue weighted by atomic mass is 19.1. The standard InChI is InChI=1S/C12H13FN2O/c1-3-16-11-6-9(4-5-10(11)13)12-14-7-8(2)15-12/h4-7H,3H2,1-2H3,(H,14,15). The second-order valence-electron chi connectivity index (χ2n) is 3.49. The van der Waals surface area contributed by atoms with Gasteiger partial charge in [-0.05, 0) is 32.0 Å². The average molecular weight is 220 g/mol. The van der Waals surface area contributed by atoms with Gasteiger partial charge in [0, 0.05) is 17.5 Å². The van der Waals surface area contributed by atoms with Gasteiger partial charge in [0.2, 0.25) is 0 Å². The molecule has 0 saturated carbocycles. The summed E-state index contributed by atoms with van der Waals surface area (Å²) in [6.45, 7) is 4.18. The molecule has 4 heteroatoms. The molecule has 0 unspecified atom stereocenters. The first-order valence-electron chi connectivity index (χ1n) is 5.15. The molecule has 1 aromatic carbocycles. The number of benzene rings is 1. The van der Waals surface area contributed by atoms with Crippen LogP contribution in [0.5, 0.6) is 5.75 Å². The lowest BCUT2D eigenvalue weighted by Crippen LogP contribution is -1.95. The van der Waals surface area contributed by atoms with Crippen LogP contribution in [0.4, 0.5) is 4.39 Å². The Labute approximate surface area is 93.3 Å². The average Bonchev–Trinajstić information content (AvgIpc) is 2.69. The molecule has 16 heavy (non-hydrogen) atoms. The fourth-order valence-electron chi connectivity index (χ4n) is 1.48. The van der Waals surface area contributed by atoms with Gasteiger partial charge in [0.1, 0.15) is 5.82 Å². The van der Waals surface area contributed by atoms with Gasteiger partial charge in [-0.3, -0.25) is 0 Å². The van der Waals surface area contributed by atoms with Crippen LogP contribution in [0.1, 0.15) is 12.6 Å². The molecular formula is C12H13FN2O. The van der Waals surface area contributed by atoms with Crippen molar-refractivity contribution in [1.29, 1.82) is 0 Å². The minimum absolute atomic E-state index is 0.258. The third-order valence-corrected chi connectivity index (χ3v) is 2.21. The lowest BCUT2D eigenvalue weighted by atomic mass is 10.2. The maximum atomic E-state index is 13.3. The van der Waals surface area contributed by atoms with Gasteiger partial charge in [-0.25, -0.2) is 9.37 Å². The second-order valence-corrected chi connectivity index (χ2v) is 3.49. The van der Waals surface area contributed by atoms with Crippen molar-refractivity contribution in [2.45, 2.75) is 13.8 Å². The van der Waals surface area contributed by atoms with Crippen molar-refractivity contribution in [2.24, 2.45) is 0 Å². The third kappa shape index (κ3) is 2.05. The van der Waals surface area contributed by atoms with Crippen LogP contribution in [-0.2, 0) is 0 Å². The maximum Gasteiger partial charge on any atom is 0.165 e. The minimum atomic E-state index is -0.353. The van der Waals surface area contributed by atoms with Gasteiger partial charge in [0.15, 0.2) is 11.6 Å². The molecule has 0 radical (unpaired) electrons. The van der Waals surface area contributed by atoms with E-state index < -0.39 is 0 Å². The van der Waals surface area contributed by atoms with E-state index in [0.29, 0.717) is 6.61 Å². The van der Waals surface area contributed by atoms with Crippen LogP contribution in [-0.4, -0.2) is 16.6 Å². The first-order chi connectivity index (χ1) is 7.70. The van der Waals surface area contributed by atoms with Crippen LogP contribution >= 0.6 is 0 Å². The van der Waals surface area contributed by atoms with Crippen molar-refractivity contribution in [3.05, 3.63) is 35.9 Å². The Morgan fingerprint density at radius 1 is 1.44 bits per heavy atom.